The molecule has 0 spiro atoms. The van der Waals surface area contributed by atoms with Gasteiger partial charge in [0.25, 0.3) is 0 Å². The van der Waals surface area contributed by atoms with E-state index in [9.17, 15) is 4.79 Å². The summed E-state index contributed by atoms with van der Waals surface area (Å²) in [5.41, 5.74) is 4.53. The number of aromatic nitrogens is 2. The Morgan fingerprint density at radius 3 is 2.10 bits per heavy atom. The molecule has 1 aromatic heterocycles. The van der Waals surface area contributed by atoms with E-state index in [1.807, 2.05) is 62.4 Å². The molecule has 3 aromatic rings. The first-order valence-corrected chi connectivity index (χ1v) is 6.88. The highest BCUT2D eigenvalue weighted by Crippen LogP contribution is 2.20. The summed E-state index contributed by atoms with van der Waals surface area (Å²) in [6, 6.07) is 20.0. The molecule has 0 saturated heterocycles. The van der Waals surface area contributed by atoms with Crippen molar-refractivity contribution in [2.75, 3.05) is 0 Å². The third kappa shape index (κ3) is 2.63. The van der Waals surface area contributed by atoms with Crippen LogP contribution in [0.15, 0.2) is 65.5 Å². The van der Waals surface area contributed by atoms with E-state index in [-0.39, 0.29) is 5.69 Å². The van der Waals surface area contributed by atoms with Gasteiger partial charge in [-0.15, -0.1) is 0 Å². The number of hydrogen-bond acceptors (Lipinski definition) is 2. The van der Waals surface area contributed by atoms with Crippen molar-refractivity contribution >= 4 is 0 Å². The molecule has 0 aliphatic rings. The van der Waals surface area contributed by atoms with Crippen LogP contribution in [-0.2, 0) is 0 Å². The monoisotopic (exact) mass is 276 g/mol. The zero-order valence-electron chi connectivity index (χ0n) is 12.1. The van der Waals surface area contributed by atoms with Crippen LogP contribution in [0.3, 0.4) is 0 Å². The maximum absolute atomic E-state index is 12.1. The van der Waals surface area contributed by atoms with Gasteiger partial charge in [0, 0.05) is 11.4 Å². The van der Waals surface area contributed by atoms with Gasteiger partial charge in [-0.3, -0.25) is 4.57 Å². The third-order valence-electron chi connectivity index (χ3n) is 3.47. The topological polar surface area (TPSA) is 34.9 Å². The number of nitrogens with zero attached hydrogens (tertiary/aromatic N) is 2. The van der Waals surface area contributed by atoms with Crippen LogP contribution < -0.4 is 5.69 Å². The second-order valence-electron chi connectivity index (χ2n) is 5.07. The van der Waals surface area contributed by atoms with Crippen molar-refractivity contribution in [2.24, 2.45) is 0 Å². The van der Waals surface area contributed by atoms with Crippen molar-refractivity contribution in [3.63, 3.8) is 0 Å². The zero-order chi connectivity index (χ0) is 14.8. The van der Waals surface area contributed by atoms with E-state index in [1.54, 1.807) is 4.57 Å². The molecule has 3 rings (SSSR count). The molecule has 0 unspecified atom stereocenters. The molecular weight excluding hydrogens is 260 g/mol. The van der Waals surface area contributed by atoms with Gasteiger partial charge in [0.15, 0.2) is 0 Å². The standard InChI is InChI=1S/C18H16N2O/c1-13-12-14(2)20(18(21)19-13)17-10-8-16(9-11-17)15-6-4-3-5-7-15/h3-12H,1-2H3. The van der Waals surface area contributed by atoms with E-state index in [0.717, 1.165) is 28.2 Å². The Balaban J connectivity index is 2.05. The molecule has 0 atom stereocenters. The van der Waals surface area contributed by atoms with Crippen LogP contribution in [0.25, 0.3) is 16.8 Å². The second-order valence-corrected chi connectivity index (χ2v) is 5.07. The van der Waals surface area contributed by atoms with Crippen LogP contribution in [0.5, 0.6) is 0 Å². The van der Waals surface area contributed by atoms with Gasteiger partial charge in [-0.1, -0.05) is 42.5 Å². The van der Waals surface area contributed by atoms with Crippen molar-refractivity contribution in [1.82, 2.24) is 9.55 Å². The van der Waals surface area contributed by atoms with Crippen LogP contribution >= 0.6 is 0 Å². The zero-order valence-corrected chi connectivity index (χ0v) is 12.1. The summed E-state index contributed by atoms with van der Waals surface area (Å²) in [5, 5.41) is 0. The molecule has 3 nitrogen and oxygen atoms in total. The molecule has 0 aliphatic heterocycles. The molecule has 0 bridgehead atoms. The van der Waals surface area contributed by atoms with Crippen LogP contribution in [0.2, 0.25) is 0 Å². The fourth-order valence-electron chi connectivity index (χ4n) is 2.50. The molecule has 0 N–H and O–H groups in total. The van der Waals surface area contributed by atoms with Crippen LogP contribution in [0.4, 0.5) is 0 Å². The van der Waals surface area contributed by atoms with Crippen LogP contribution in [0, 0.1) is 13.8 Å². The van der Waals surface area contributed by atoms with E-state index < -0.39 is 0 Å². The Kier molecular flexibility index (Phi) is 3.40. The lowest BCUT2D eigenvalue weighted by Gasteiger charge is -2.10. The highest BCUT2D eigenvalue weighted by Gasteiger charge is 2.06. The summed E-state index contributed by atoms with van der Waals surface area (Å²) in [7, 11) is 0. The highest BCUT2D eigenvalue weighted by atomic mass is 16.1. The van der Waals surface area contributed by atoms with Crippen molar-refractivity contribution in [2.45, 2.75) is 13.8 Å². The Morgan fingerprint density at radius 2 is 1.48 bits per heavy atom. The fraction of sp³-hybridized carbons (Fsp3) is 0.111. The quantitative estimate of drug-likeness (QED) is 0.718. The lowest BCUT2D eigenvalue weighted by molar-refractivity contribution is 0.855. The van der Waals surface area contributed by atoms with Crippen molar-refractivity contribution in [3.8, 4) is 16.8 Å². The fourth-order valence-corrected chi connectivity index (χ4v) is 2.50. The van der Waals surface area contributed by atoms with Crippen molar-refractivity contribution < 1.29 is 0 Å². The minimum atomic E-state index is -0.236. The maximum Gasteiger partial charge on any atom is 0.352 e. The number of benzene rings is 2. The molecule has 0 saturated carbocycles. The first-order chi connectivity index (χ1) is 10.1. The largest absolute Gasteiger partial charge is 0.352 e. The summed E-state index contributed by atoms with van der Waals surface area (Å²) in [4.78, 5) is 16.1. The molecule has 0 amide bonds. The third-order valence-corrected chi connectivity index (χ3v) is 3.47. The average Bonchev–Trinajstić information content (AvgIpc) is 2.48. The summed E-state index contributed by atoms with van der Waals surface area (Å²) in [5.74, 6) is 0. The molecule has 3 heteroatoms. The molecule has 0 radical (unpaired) electrons. The minimum absolute atomic E-state index is 0.236. The summed E-state index contributed by atoms with van der Waals surface area (Å²) in [6.45, 7) is 3.75. The lowest BCUT2D eigenvalue weighted by Crippen LogP contribution is -2.23. The molecule has 104 valence electrons. The van der Waals surface area contributed by atoms with E-state index in [0.29, 0.717) is 0 Å². The van der Waals surface area contributed by atoms with E-state index in [2.05, 4.69) is 17.1 Å². The van der Waals surface area contributed by atoms with Crippen molar-refractivity contribution in [3.05, 3.63) is 82.5 Å². The molecular formula is C18H16N2O. The molecule has 1 heterocycles. The van der Waals surface area contributed by atoms with Crippen LogP contribution in [0.1, 0.15) is 11.4 Å². The van der Waals surface area contributed by atoms with Gasteiger partial charge < -0.3 is 0 Å². The van der Waals surface area contributed by atoms with Crippen LogP contribution in [-0.4, -0.2) is 9.55 Å². The molecule has 2 aromatic carbocycles. The average molecular weight is 276 g/mol. The van der Waals surface area contributed by atoms with E-state index in [1.165, 1.54) is 0 Å². The predicted octanol–water partition coefficient (Wildman–Crippen LogP) is 3.52. The lowest BCUT2D eigenvalue weighted by atomic mass is 10.1. The minimum Gasteiger partial charge on any atom is -0.265 e. The van der Waals surface area contributed by atoms with E-state index in [4.69, 9.17) is 0 Å². The number of rotatable bonds is 2. The summed E-state index contributed by atoms with van der Waals surface area (Å²) >= 11 is 0. The smallest absolute Gasteiger partial charge is 0.265 e. The first kappa shape index (κ1) is 13.3. The first-order valence-electron chi connectivity index (χ1n) is 6.88. The summed E-state index contributed by atoms with van der Waals surface area (Å²) < 4.78 is 1.63. The number of hydrogen-bond donors (Lipinski definition) is 0. The molecule has 21 heavy (non-hydrogen) atoms. The Labute approximate surface area is 123 Å². The van der Waals surface area contributed by atoms with Crippen molar-refractivity contribution in [1.29, 1.82) is 0 Å². The normalized spacial score (nSPS) is 10.6. The molecule has 0 aliphatic carbocycles. The SMILES string of the molecule is Cc1cc(C)n(-c2ccc(-c3ccccc3)cc2)c(=O)n1. The van der Waals surface area contributed by atoms with Gasteiger partial charge in [-0.2, -0.15) is 4.98 Å². The second kappa shape index (κ2) is 5.37. The predicted molar refractivity (Wildman–Crippen MR) is 84.7 cm³/mol. The summed E-state index contributed by atoms with van der Waals surface area (Å²) in [6.07, 6.45) is 0. The molecule has 0 fully saturated rings. The van der Waals surface area contributed by atoms with Gasteiger partial charge >= 0.3 is 5.69 Å². The van der Waals surface area contributed by atoms with Gasteiger partial charge in [-0.05, 0) is 43.2 Å². The number of aryl methyl sites for hydroxylation is 2. The van der Waals surface area contributed by atoms with Gasteiger partial charge in [0.05, 0.1) is 5.69 Å². The van der Waals surface area contributed by atoms with Gasteiger partial charge in [0.2, 0.25) is 0 Å². The Bertz CT molecular complexity index is 818. The van der Waals surface area contributed by atoms with Gasteiger partial charge in [-0.25, -0.2) is 4.79 Å². The highest BCUT2D eigenvalue weighted by molar-refractivity contribution is 5.64. The Hall–Kier alpha value is -2.68. The Morgan fingerprint density at radius 1 is 0.857 bits per heavy atom. The van der Waals surface area contributed by atoms with E-state index >= 15 is 0 Å². The maximum atomic E-state index is 12.1. The van der Waals surface area contributed by atoms with Gasteiger partial charge in [0.1, 0.15) is 0 Å².